The fourth-order valence-corrected chi connectivity index (χ4v) is 6.56. The van der Waals surface area contributed by atoms with Gasteiger partial charge in [0.1, 0.15) is 24.2 Å². The molecule has 2 aromatic carbocycles. The lowest BCUT2D eigenvalue weighted by Crippen LogP contribution is -2.56. The molecule has 3 fully saturated rings. The van der Waals surface area contributed by atoms with Crippen molar-refractivity contribution in [2.75, 3.05) is 17.9 Å². The van der Waals surface area contributed by atoms with Gasteiger partial charge in [-0.05, 0) is 72.3 Å². The molecular formula is C30H35FN8O2. The Morgan fingerprint density at radius 2 is 1.95 bits per heavy atom. The lowest BCUT2D eigenvalue weighted by molar-refractivity contribution is -0.108. The number of methoxy groups -OCH3 is 1. The minimum Gasteiger partial charge on any atom is -0.497 e. The summed E-state index contributed by atoms with van der Waals surface area (Å²) in [4.78, 5) is 22.8. The van der Waals surface area contributed by atoms with Gasteiger partial charge in [0.05, 0.1) is 30.4 Å². The number of fused-ring (bicyclic) bond motifs is 3. The highest BCUT2D eigenvalue weighted by Gasteiger charge is 2.56. The Morgan fingerprint density at radius 3 is 2.66 bits per heavy atom. The Balaban J connectivity index is 1.21. The highest BCUT2D eigenvalue weighted by molar-refractivity contribution is 6.00. The van der Waals surface area contributed by atoms with E-state index in [1.165, 1.54) is 30.5 Å². The fraction of sp³-hybridized carbons (Fsp3) is 0.433. The molecule has 2 bridgehead atoms. The highest BCUT2D eigenvalue weighted by Crippen LogP contribution is 2.61. The maximum Gasteiger partial charge on any atom is 0.261 e. The van der Waals surface area contributed by atoms with Crippen LogP contribution in [0, 0.1) is 29.0 Å². The first-order chi connectivity index (χ1) is 19.7. The molecule has 3 saturated carbocycles. The van der Waals surface area contributed by atoms with E-state index in [-0.39, 0.29) is 17.4 Å². The van der Waals surface area contributed by atoms with E-state index in [1.54, 1.807) is 35.5 Å². The van der Waals surface area contributed by atoms with Crippen LogP contribution < -0.4 is 21.0 Å². The Labute approximate surface area is 237 Å². The second-order valence-corrected chi connectivity index (χ2v) is 11.8. The first kappa shape index (κ1) is 26.9. The number of anilines is 1. The molecule has 7 rings (SSSR count). The lowest BCUT2D eigenvalue weighted by atomic mass is 9.45. The Kier molecular flexibility index (Phi) is 6.96. The molecule has 0 radical (unpaired) electrons. The van der Waals surface area contributed by atoms with Gasteiger partial charge in [0, 0.05) is 18.3 Å². The number of halogens is 1. The molecule has 0 aliphatic heterocycles. The SMILES string of the molecule is COc1ccc(CCn2cnc3cc(N/C(=N/C4C[C@@H]5C[C@H]([C@@H]4C)C5(C)C)Nn4cnnc4)ccc3c2=O)c(F)c1. The van der Waals surface area contributed by atoms with Gasteiger partial charge in [0.15, 0.2) is 0 Å². The van der Waals surface area contributed by atoms with Crippen LogP contribution in [0.3, 0.4) is 0 Å². The Bertz CT molecular complexity index is 1650. The maximum atomic E-state index is 14.4. The Hall–Kier alpha value is -4.28. The summed E-state index contributed by atoms with van der Waals surface area (Å²) >= 11 is 0. The fourth-order valence-electron chi connectivity index (χ4n) is 6.56. The van der Waals surface area contributed by atoms with Crippen molar-refractivity contribution < 1.29 is 9.13 Å². The summed E-state index contributed by atoms with van der Waals surface area (Å²) in [6.07, 6.45) is 7.35. The molecule has 3 aliphatic rings. The average molecular weight is 559 g/mol. The Morgan fingerprint density at radius 1 is 1.15 bits per heavy atom. The number of hydrogen-bond donors (Lipinski definition) is 2. The van der Waals surface area contributed by atoms with Gasteiger partial charge in [0.25, 0.3) is 5.56 Å². The third-order valence-electron chi connectivity index (χ3n) is 9.23. The van der Waals surface area contributed by atoms with Crippen LogP contribution in [-0.2, 0) is 13.0 Å². The van der Waals surface area contributed by atoms with E-state index in [9.17, 15) is 9.18 Å². The summed E-state index contributed by atoms with van der Waals surface area (Å²) in [5, 5.41) is 11.6. The summed E-state index contributed by atoms with van der Waals surface area (Å²) in [6.45, 7) is 7.37. The van der Waals surface area contributed by atoms with Crippen molar-refractivity contribution in [1.82, 2.24) is 24.4 Å². The second kappa shape index (κ2) is 10.6. The minimum absolute atomic E-state index is 0.176. The first-order valence-electron chi connectivity index (χ1n) is 14.0. The topological polar surface area (TPSA) is 111 Å². The van der Waals surface area contributed by atoms with Crippen molar-refractivity contribution in [2.45, 2.75) is 52.6 Å². The van der Waals surface area contributed by atoms with E-state index in [2.05, 4.69) is 46.7 Å². The van der Waals surface area contributed by atoms with Gasteiger partial charge in [-0.3, -0.25) is 14.8 Å². The second-order valence-electron chi connectivity index (χ2n) is 11.8. The smallest absolute Gasteiger partial charge is 0.261 e. The van der Waals surface area contributed by atoms with Crippen LogP contribution in [0.1, 0.15) is 39.2 Å². The van der Waals surface area contributed by atoms with Crippen LogP contribution in [-0.4, -0.2) is 43.5 Å². The van der Waals surface area contributed by atoms with Gasteiger partial charge >= 0.3 is 0 Å². The van der Waals surface area contributed by atoms with Crippen molar-refractivity contribution in [3.8, 4) is 5.75 Å². The van der Waals surface area contributed by atoms with Crippen LogP contribution >= 0.6 is 0 Å². The normalized spacial score (nSPS) is 23.2. The van der Waals surface area contributed by atoms with Crippen LogP contribution in [0.25, 0.3) is 10.9 Å². The van der Waals surface area contributed by atoms with E-state index in [0.29, 0.717) is 64.3 Å². The average Bonchev–Trinajstić information content (AvgIpc) is 3.47. The number of nitrogens with one attached hydrogen (secondary N) is 2. The molecule has 41 heavy (non-hydrogen) atoms. The van der Waals surface area contributed by atoms with Gasteiger partial charge < -0.3 is 10.1 Å². The quantitative estimate of drug-likeness (QED) is 0.255. The monoisotopic (exact) mass is 558 g/mol. The van der Waals surface area contributed by atoms with Gasteiger partial charge in [-0.1, -0.05) is 26.8 Å². The van der Waals surface area contributed by atoms with Crippen molar-refractivity contribution in [2.24, 2.45) is 28.2 Å². The van der Waals surface area contributed by atoms with Crippen LogP contribution in [0.5, 0.6) is 5.75 Å². The molecule has 0 amide bonds. The van der Waals surface area contributed by atoms with Gasteiger partial charge in [-0.25, -0.2) is 19.0 Å². The number of benzene rings is 2. The third kappa shape index (κ3) is 5.16. The van der Waals surface area contributed by atoms with E-state index >= 15 is 0 Å². The summed E-state index contributed by atoms with van der Waals surface area (Å²) in [6, 6.07) is 10.4. The summed E-state index contributed by atoms with van der Waals surface area (Å²) in [5.41, 5.74) is 5.26. The van der Waals surface area contributed by atoms with E-state index in [1.807, 2.05) is 12.1 Å². The van der Waals surface area contributed by atoms with Crippen molar-refractivity contribution in [3.63, 3.8) is 0 Å². The third-order valence-corrected chi connectivity index (χ3v) is 9.23. The van der Waals surface area contributed by atoms with E-state index < -0.39 is 0 Å². The largest absolute Gasteiger partial charge is 0.497 e. The zero-order valence-corrected chi connectivity index (χ0v) is 23.7. The lowest BCUT2D eigenvalue weighted by Gasteiger charge is -2.61. The minimum atomic E-state index is -0.359. The number of rotatable bonds is 7. The molecule has 2 heterocycles. The summed E-state index contributed by atoms with van der Waals surface area (Å²) in [5.74, 6) is 2.50. The molecule has 4 aromatic rings. The molecule has 4 atom stereocenters. The van der Waals surface area contributed by atoms with Crippen molar-refractivity contribution >= 4 is 22.5 Å². The maximum absolute atomic E-state index is 14.4. The molecule has 11 heteroatoms. The summed E-state index contributed by atoms with van der Waals surface area (Å²) in [7, 11) is 1.50. The number of guanidine groups is 1. The zero-order valence-electron chi connectivity index (χ0n) is 23.7. The molecule has 0 spiro atoms. The molecule has 214 valence electrons. The molecule has 1 unspecified atom stereocenters. The number of hydrogen-bond acceptors (Lipinski definition) is 6. The number of aliphatic imine (C=N–C) groups is 1. The zero-order chi connectivity index (χ0) is 28.7. The summed E-state index contributed by atoms with van der Waals surface area (Å²) < 4.78 is 22.6. The standard InChI is InChI=1S/C30H35FN8O2/c1-18-24-11-20(30(24,2)3)12-26(18)36-29(37-39-16-33-34-17-39)35-21-6-8-23-27(13-21)32-15-38(28(23)40)10-9-19-5-7-22(41-4)14-25(19)31/h5-8,13-18,20,24,26H,9-12H2,1-4H3,(H2,35,36,37)/t18-,20-,24+,26?/m0/s1. The van der Waals surface area contributed by atoms with Crippen LogP contribution in [0.2, 0.25) is 0 Å². The number of nitrogens with zero attached hydrogens (tertiary/aromatic N) is 6. The molecule has 3 aliphatic carbocycles. The molecule has 10 nitrogen and oxygen atoms in total. The number of aromatic nitrogens is 5. The predicted octanol–water partition coefficient (Wildman–Crippen LogP) is 4.46. The van der Waals surface area contributed by atoms with Gasteiger partial charge in [-0.15, -0.1) is 10.2 Å². The van der Waals surface area contributed by atoms with Gasteiger partial charge in [0.2, 0.25) is 5.96 Å². The van der Waals surface area contributed by atoms with E-state index in [0.717, 1.165) is 12.1 Å². The van der Waals surface area contributed by atoms with Crippen molar-refractivity contribution in [1.29, 1.82) is 0 Å². The van der Waals surface area contributed by atoms with E-state index in [4.69, 9.17) is 9.73 Å². The molecule has 0 saturated heterocycles. The van der Waals surface area contributed by atoms with Crippen LogP contribution in [0.4, 0.5) is 10.1 Å². The molecule has 2 aromatic heterocycles. The predicted molar refractivity (Wildman–Crippen MR) is 156 cm³/mol. The first-order valence-corrected chi connectivity index (χ1v) is 14.0. The van der Waals surface area contributed by atoms with Crippen molar-refractivity contribution in [3.05, 3.63) is 77.1 Å². The molecule has 2 N–H and O–H groups in total. The highest BCUT2D eigenvalue weighted by atomic mass is 19.1. The van der Waals surface area contributed by atoms with Gasteiger partial charge in [-0.2, -0.15) is 0 Å². The van der Waals surface area contributed by atoms with Crippen LogP contribution in [0.15, 0.2) is 65.2 Å². The number of ether oxygens (including phenoxy) is 1. The molecular weight excluding hydrogens is 523 g/mol. The number of aryl methyl sites for hydroxylation is 2.